The standard InChI is InChI=1S/C28H31ClN2O5.C26H25ClN2O5/c1-19(2)36-25-13-11-22(15-23(25)29)24(32)17-31(28(33)30-3)16-21-10-12-26(27(14-21)34-4)35-18-20-8-6-5-7-9-20;1-17(2)33-22-12-10-20(14-21(22)27)25-28-29(26(30)34-25)15-19-9-11-23(24(13-19)31-3)32-16-18-7-5-4-6-8-18/h5-15,19H,16-18H2,1-4H3,(H,30,33);4-14,17H,15-16H2,1-3H3. The number of benzene rings is 6. The van der Waals surface area contributed by atoms with Gasteiger partial charge in [-0.25, -0.2) is 9.59 Å². The fourth-order valence-corrected chi connectivity index (χ4v) is 7.33. The molecule has 0 radical (unpaired) electrons. The maximum Gasteiger partial charge on any atom is 0.437 e. The molecule has 0 aliphatic heterocycles. The van der Waals surface area contributed by atoms with Gasteiger partial charge in [0, 0.05) is 24.7 Å². The molecule has 0 saturated heterocycles. The van der Waals surface area contributed by atoms with Crippen LogP contribution in [-0.2, 0) is 26.3 Å². The Hall–Kier alpha value is -7.42. The van der Waals surface area contributed by atoms with Gasteiger partial charge in [-0.3, -0.25) is 4.79 Å². The summed E-state index contributed by atoms with van der Waals surface area (Å²) in [5, 5.41) is 7.68. The summed E-state index contributed by atoms with van der Waals surface area (Å²) >= 11 is 12.6. The quantitative estimate of drug-likeness (QED) is 0.0726. The van der Waals surface area contributed by atoms with E-state index >= 15 is 0 Å². The first-order valence-electron chi connectivity index (χ1n) is 22.4. The summed E-state index contributed by atoms with van der Waals surface area (Å²) < 4.78 is 40.7. The van der Waals surface area contributed by atoms with Crippen LogP contribution in [0.15, 0.2) is 143 Å². The third-order valence-electron chi connectivity index (χ3n) is 10.2. The second-order valence-corrected chi connectivity index (χ2v) is 17.1. The highest BCUT2D eigenvalue weighted by Crippen LogP contribution is 2.33. The van der Waals surface area contributed by atoms with E-state index in [0.717, 1.165) is 22.3 Å². The van der Waals surface area contributed by atoms with E-state index in [4.69, 9.17) is 56.0 Å². The topological polar surface area (TPSA) is 153 Å². The molecule has 1 aromatic heterocycles. The zero-order valence-corrected chi connectivity index (χ0v) is 41.6. The van der Waals surface area contributed by atoms with Crippen molar-refractivity contribution in [1.82, 2.24) is 20.0 Å². The van der Waals surface area contributed by atoms with Gasteiger partial charge in [0.15, 0.2) is 28.8 Å². The van der Waals surface area contributed by atoms with E-state index in [-0.39, 0.29) is 49.5 Å². The van der Waals surface area contributed by atoms with Crippen molar-refractivity contribution in [3.8, 4) is 46.0 Å². The normalized spacial score (nSPS) is 10.8. The molecule has 0 unspecified atom stereocenters. The van der Waals surface area contributed by atoms with E-state index in [1.54, 1.807) is 62.8 Å². The second-order valence-electron chi connectivity index (χ2n) is 16.3. The highest BCUT2D eigenvalue weighted by Gasteiger charge is 2.21. The fraction of sp³-hybridized carbons (Fsp3) is 0.259. The van der Waals surface area contributed by atoms with E-state index in [1.165, 1.54) is 16.6 Å². The predicted molar refractivity (Wildman–Crippen MR) is 270 cm³/mol. The minimum absolute atomic E-state index is 0.00684. The predicted octanol–water partition coefficient (Wildman–Crippen LogP) is 11.3. The van der Waals surface area contributed by atoms with Gasteiger partial charge in [0.1, 0.15) is 24.7 Å². The molecular formula is C54H56Cl2N4O10. The highest BCUT2D eigenvalue weighted by molar-refractivity contribution is 6.32. The van der Waals surface area contributed by atoms with Crippen molar-refractivity contribution in [2.24, 2.45) is 0 Å². The molecule has 366 valence electrons. The first kappa shape index (κ1) is 52.0. The first-order valence-corrected chi connectivity index (χ1v) is 23.2. The Labute approximate surface area is 417 Å². The van der Waals surface area contributed by atoms with Gasteiger partial charge in [-0.2, -0.15) is 4.68 Å². The van der Waals surface area contributed by atoms with Gasteiger partial charge in [0.2, 0.25) is 5.89 Å². The van der Waals surface area contributed by atoms with E-state index in [2.05, 4.69) is 10.4 Å². The van der Waals surface area contributed by atoms with Crippen LogP contribution in [0, 0.1) is 0 Å². The summed E-state index contributed by atoms with van der Waals surface area (Å²) in [6.07, 6.45) is -0.0486. The molecule has 16 heteroatoms. The highest BCUT2D eigenvalue weighted by atomic mass is 35.5. The van der Waals surface area contributed by atoms with Crippen molar-refractivity contribution >= 4 is 35.0 Å². The number of amides is 2. The summed E-state index contributed by atoms with van der Waals surface area (Å²) in [5.74, 6) is 2.74. The summed E-state index contributed by atoms with van der Waals surface area (Å²) in [6, 6.07) is 40.3. The zero-order valence-electron chi connectivity index (χ0n) is 40.1. The molecule has 1 heterocycles. The van der Waals surface area contributed by atoms with Gasteiger partial charge < -0.3 is 43.1 Å². The molecule has 0 spiro atoms. The van der Waals surface area contributed by atoms with Crippen LogP contribution >= 0.6 is 23.2 Å². The maximum absolute atomic E-state index is 13.0. The molecule has 0 atom stereocenters. The number of carbonyl (C=O) groups is 2. The number of hydrogen-bond acceptors (Lipinski definition) is 11. The van der Waals surface area contributed by atoms with Crippen LogP contribution in [0.25, 0.3) is 11.5 Å². The number of carbonyl (C=O) groups excluding carboxylic acids is 2. The average molecular weight is 992 g/mol. The molecule has 0 aliphatic rings. The number of ketones is 1. The molecule has 14 nitrogen and oxygen atoms in total. The molecule has 7 aromatic rings. The summed E-state index contributed by atoms with van der Waals surface area (Å²) in [5.41, 5.74) is 4.67. The van der Waals surface area contributed by atoms with Crippen molar-refractivity contribution in [3.63, 3.8) is 0 Å². The monoisotopic (exact) mass is 990 g/mol. The fourth-order valence-electron chi connectivity index (χ4n) is 6.88. The van der Waals surface area contributed by atoms with Gasteiger partial charge in [-0.05, 0) is 111 Å². The van der Waals surface area contributed by atoms with Crippen LogP contribution < -0.4 is 39.5 Å². The molecule has 70 heavy (non-hydrogen) atoms. The molecule has 7 rings (SSSR count). The van der Waals surface area contributed by atoms with E-state index < -0.39 is 5.76 Å². The first-order chi connectivity index (χ1) is 33.7. The molecule has 6 aromatic carbocycles. The SMILES string of the molecule is CNC(=O)N(CC(=O)c1ccc(OC(C)C)c(Cl)c1)Cc1ccc(OCc2ccccc2)c(OC)c1.COc1cc(Cn2nc(-c3ccc(OC(C)C)c(Cl)c3)oc2=O)ccc1OCc1ccccc1. The van der Waals surface area contributed by atoms with Crippen molar-refractivity contribution in [3.05, 3.63) is 182 Å². The lowest BCUT2D eigenvalue weighted by Crippen LogP contribution is -2.40. The lowest BCUT2D eigenvalue weighted by molar-refractivity contribution is 0.0940. The van der Waals surface area contributed by atoms with Gasteiger partial charge in [-0.15, -0.1) is 5.10 Å². The Bertz CT molecular complexity index is 2890. The third-order valence-corrected chi connectivity index (χ3v) is 10.8. The molecule has 0 bridgehead atoms. The van der Waals surface area contributed by atoms with Crippen LogP contribution in [0.1, 0.15) is 60.3 Å². The van der Waals surface area contributed by atoms with E-state index in [9.17, 15) is 14.4 Å². The lowest BCUT2D eigenvalue weighted by atomic mass is 10.1. The number of aromatic nitrogens is 2. The van der Waals surface area contributed by atoms with Crippen LogP contribution in [0.3, 0.4) is 0 Å². The molecule has 2 amide bonds. The lowest BCUT2D eigenvalue weighted by Gasteiger charge is -2.22. The largest absolute Gasteiger partial charge is 0.493 e. The van der Waals surface area contributed by atoms with Crippen molar-refractivity contribution < 1.29 is 42.4 Å². The van der Waals surface area contributed by atoms with E-state index in [1.807, 2.05) is 113 Å². The van der Waals surface area contributed by atoms with Gasteiger partial charge >= 0.3 is 11.8 Å². The third kappa shape index (κ3) is 14.8. The Balaban J connectivity index is 0.000000230. The number of halogens is 2. The maximum atomic E-state index is 13.0. The second kappa shape index (κ2) is 25.3. The summed E-state index contributed by atoms with van der Waals surface area (Å²) in [6.45, 7) is 8.73. The Morgan fingerprint density at radius 2 is 1.16 bits per heavy atom. The number of rotatable bonds is 20. The number of methoxy groups -OCH3 is 2. The molecule has 0 aliphatic carbocycles. The van der Waals surface area contributed by atoms with Crippen molar-refractivity contribution in [1.29, 1.82) is 0 Å². The molecular weight excluding hydrogens is 936 g/mol. The van der Waals surface area contributed by atoms with Crippen LogP contribution in [0.5, 0.6) is 34.5 Å². The summed E-state index contributed by atoms with van der Waals surface area (Å²) in [7, 11) is 4.66. The van der Waals surface area contributed by atoms with E-state index in [0.29, 0.717) is 68.9 Å². The average Bonchev–Trinajstić information content (AvgIpc) is 3.73. The van der Waals surface area contributed by atoms with Crippen LogP contribution in [-0.4, -0.2) is 66.5 Å². The molecule has 1 N–H and O–H groups in total. The number of nitrogens with one attached hydrogen (secondary N) is 1. The van der Waals surface area contributed by atoms with Crippen molar-refractivity contribution in [2.45, 2.75) is 66.2 Å². The number of nitrogens with zero attached hydrogens (tertiary/aromatic N) is 3. The number of Topliss-reactive ketones (excluding diaryl/α,β-unsaturated/α-hetero) is 1. The van der Waals surface area contributed by atoms with Gasteiger partial charge in [0.05, 0.1) is 49.6 Å². The number of ether oxygens (including phenoxy) is 6. The molecule has 0 fully saturated rings. The number of urea groups is 1. The smallest absolute Gasteiger partial charge is 0.437 e. The minimum atomic E-state index is -0.572. The van der Waals surface area contributed by atoms with Crippen LogP contribution in [0.4, 0.5) is 4.79 Å². The Kier molecular flexibility index (Phi) is 18.8. The zero-order chi connectivity index (χ0) is 50.2. The van der Waals surface area contributed by atoms with Crippen molar-refractivity contribution in [2.75, 3.05) is 27.8 Å². The van der Waals surface area contributed by atoms with Gasteiger partial charge in [0.25, 0.3) is 0 Å². The number of hydrogen-bond donors (Lipinski definition) is 1. The van der Waals surface area contributed by atoms with Gasteiger partial charge in [-0.1, -0.05) is 96.0 Å². The minimum Gasteiger partial charge on any atom is -0.493 e. The summed E-state index contributed by atoms with van der Waals surface area (Å²) in [4.78, 5) is 39.4. The molecule has 0 saturated carbocycles. The Morgan fingerprint density at radius 3 is 1.67 bits per heavy atom. The Morgan fingerprint density at radius 1 is 0.643 bits per heavy atom. The van der Waals surface area contributed by atoms with Crippen LogP contribution in [0.2, 0.25) is 10.0 Å².